The second kappa shape index (κ2) is 9.22. The Kier molecular flexibility index (Phi) is 6.69. The summed E-state index contributed by atoms with van der Waals surface area (Å²) < 4.78 is 5.38. The minimum atomic E-state index is -0.917. The molecule has 29 heavy (non-hydrogen) atoms. The predicted molar refractivity (Wildman–Crippen MR) is 114 cm³/mol. The fraction of sp³-hybridized carbons (Fsp3) is 0.409. The number of esters is 1. The lowest BCUT2D eigenvalue weighted by Crippen LogP contribution is -2.29. The number of carbonyl (C=O) groups excluding carboxylic acids is 3. The van der Waals surface area contributed by atoms with Crippen LogP contribution in [0.2, 0.25) is 0 Å². The van der Waals surface area contributed by atoms with E-state index < -0.39 is 18.0 Å². The minimum Gasteiger partial charge on any atom is -0.448 e. The molecule has 1 aliphatic carbocycles. The molecular formula is C22H26N2O4S. The third-order valence-corrected chi connectivity index (χ3v) is 6.31. The van der Waals surface area contributed by atoms with Crippen molar-refractivity contribution in [3.8, 4) is 0 Å². The summed E-state index contributed by atoms with van der Waals surface area (Å²) >= 11 is 1.48. The van der Waals surface area contributed by atoms with Crippen LogP contribution in [0.5, 0.6) is 0 Å². The second-order valence-corrected chi connectivity index (χ2v) is 8.51. The Labute approximate surface area is 174 Å². The number of nitrogens with one attached hydrogen (secondary N) is 2. The van der Waals surface area contributed by atoms with Crippen LogP contribution in [-0.2, 0) is 27.2 Å². The summed E-state index contributed by atoms with van der Waals surface area (Å²) in [4.78, 5) is 37.7. The van der Waals surface area contributed by atoms with Gasteiger partial charge in [-0.3, -0.25) is 9.59 Å². The van der Waals surface area contributed by atoms with Crippen molar-refractivity contribution in [1.29, 1.82) is 0 Å². The molecule has 2 amide bonds. The van der Waals surface area contributed by atoms with Crippen LogP contribution in [0.3, 0.4) is 0 Å². The van der Waals surface area contributed by atoms with E-state index in [0.29, 0.717) is 22.2 Å². The molecule has 0 aliphatic heterocycles. The number of hydrogen-bond donors (Lipinski definition) is 2. The minimum absolute atomic E-state index is 0.164. The Hall–Kier alpha value is -2.67. The second-order valence-electron chi connectivity index (χ2n) is 7.37. The average Bonchev–Trinajstić information content (AvgIpc) is 3.12. The maximum atomic E-state index is 12.5. The summed E-state index contributed by atoms with van der Waals surface area (Å²) in [6, 6.07) is 8.65. The number of aryl methyl sites for hydroxylation is 1. The molecule has 154 valence electrons. The van der Waals surface area contributed by atoms with E-state index in [-0.39, 0.29) is 5.91 Å². The summed E-state index contributed by atoms with van der Waals surface area (Å²) in [5.74, 6) is -0.343. The molecule has 0 bridgehead atoms. The highest BCUT2D eigenvalue weighted by atomic mass is 32.1. The molecule has 0 saturated heterocycles. The lowest BCUT2D eigenvalue weighted by atomic mass is 9.87. The van der Waals surface area contributed by atoms with Crippen molar-refractivity contribution >= 4 is 40.5 Å². The zero-order valence-corrected chi connectivity index (χ0v) is 17.7. The average molecular weight is 415 g/mol. The SMILES string of the molecule is CC[C@@H]1CCc2sc(C(=O)O[C@H](C)C(=O)Nc3ccc(NC(C)=O)cc3)cc2C1. The van der Waals surface area contributed by atoms with Crippen LogP contribution in [0.1, 0.15) is 53.7 Å². The Bertz CT molecular complexity index is 904. The van der Waals surface area contributed by atoms with E-state index in [1.807, 2.05) is 6.07 Å². The number of ether oxygens (including phenoxy) is 1. The topological polar surface area (TPSA) is 84.5 Å². The molecule has 1 aromatic carbocycles. The summed E-state index contributed by atoms with van der Waals surface area (Å²) in [5.41, 5.74) is 2.45. The maximum absolute atomic E-state index is 12.5. The van der Waals surface area contributed by atoms with Gasteiger partial charge in [-0.05, 0) is 68.0 Å². The van der Waals surface area contributed by atoms with Crippen molar-refractivity contribution in [1.82, 2.24) is 0 Å². The van der Waals surface area contributed by atoms with Crippen molar-refractivity contribution < 1.29 is 19.1 Å². The smallest absolute Gasteiger partial charge is 0.349 e. The van der Waals surface area contributed by atoms with E-state index in [0.717, 1.165) is 25.7 Å². The number of benzene rings is 1. The first-order valence-electron chi connectivity index (χ1n) is 9.86. The number of rotatable bonds is 6. The molecule has 2 aromatic rings. The number of anilines is 2. The first-order valence-corrected chi connectivity index (χ1v) is 10.7. The quantitative estimate of drug-likeness (QED) is 0.686. The van der Waals surface area contributed by atoms with Gasteiger partial charge in [-0.2, -0.15) is 0 Å². The third kappa shape index (κ3) is 5.44. The van der Waals surface area contributed by atoms with Crippen molar-refractivity contribution in [2.45, 2.75) is 52.6 Å². The van der Waals surface area contributed by atoms with Gasteiger partial charge in [0, 0.05) is 23.2 Å². The molecule has 2 atom stereocenters. The van der Waals surface area contributed by atoms with Gasteiger partial charge in [0.15, 0.2) is 6.10 Å². The Morgan fingerprint density at radius 2 is 1.83 bits per heavy atom. The fourth-order valence-electron chi connectivity index (χ4n) is 3.40. The lowest BCUT2D eigenvalue weighted by Gasteiger charge is -2.19. The van der Waals surface area contributed by atoms with Crippen LogP contribution < -0.4 is 10.6 Å². The maximum Gasteiger partial charge on any atom is 0.349 e. The molecule has 0 unspecified atom stereocenters. The molecule has 0 radical (unpaired) electrons. The number of fused-ring (bicyclic) bond motifs is 1. The zero-order valence-electron chi connectivity index (χ0n) is 16.9. The summed E-state index contributed by atoms with van der Waals surface area (Å²) in [7, 11) is 0. The van der Waals surface area contributed by atoms with Crippen LogP contribution in [0.4, 0.5) is 11.4 Å². The fourth-order valence-corrected chi connectivity index (χ4v) is 4.50. The molecule has 0 fully saturated rings. The monoisotopic (exact) mass is 414 g/mol. The molecule has 3 rings (SSSR count). The molecule has 6 nitrogen and oxygen atoms in total. The van der Waals surface area contributed by atoms with Gasteiger partial charge in [0.05, 0.1) is 0 Å². The van der Waals surface area contributed by atoms with Crippen LogP contribution in [0.25, 0.3) is 0 Å². The molecule has 7 heteroatoms. The van der Waals surface area contributed by atoms with E-state index in [1.165, 1.54) is 28.7 Å². The van der Waals surface area contributed by atoms with Gasteiger partial charge in [0.25, 0.3) is 5.91 Å². The molecule has 1 aliphatic rings. The van der Waals surface area contributed by atoms with Crippen molar-refractivity contribution in [3.63, 3.8) is 0 Å². The highest BCUT2D eigenvalue weighted by Gasteiger charge is 2.25. The standard InChI is InChI=1S/C22H26N2O4S/c1-4-15-5-10-19-16(11-15)12-20(29-19)22(27)28-13(2)21(26)24-18-8-6-17(7-9-18)23-14(3)25/h6-9,12-13,15H,4-5,10-11H2,1-3H3,(H,23,25)(H,24,26)/t13-,15-/m1/s1. The zero-order chi connectivity index (χ0) is 21.0. The van der Waals surface area contributed by atoms with Gasteiger partial charge in [0.1, 0.15) is 4.88 Å². The van der Waals surface area contributed by atoms with E-state index in [1.54, 1.807) is 31.2 Å². The van der Waals surface area contributed by atoms with E-state index >= 15 is 0 Å². The first-order chi connectivity index (χ1) is 13.9. The highest BCUT2D eigenvalue weighted by Crippen LogP contribution is 2.34. The van der Waals surface area contributed by atoms with Gasteiger partial charge in [-0.1, -0.05) is 13.3 Å². The Balaban J connectivity index is 1.56. The highest BCUT2D eigenvalue weighted by molar-refractivity contribution is 7.14. The van der Waals surface area contributed by atoms with E-state index in [4.69, 9.17) is 4.74 Å². The van der Waals surface area contributed by atoms with Crippen LogP contribution >= 0.6 is 11.3 Å². The Morgan fingerprint density at radius 3 is 2.45 bits per heavy atom. The number of carbonyl (C=O) groups is 3. The molecule has 0 saturated carbocycles. The largest absolute Gasteiger partial charge is 0.448 e. The Morgan fingerprint density at radius 1 is 1.17 bits per heavy atom. The van der Waals surface area contributed by atoms with Crippen molar-refractivity contribution in [2.75, 3.05) is 10.6 Å². The van der Waals surface area contributed by atoms with Gasteiger partial charge in [0.2, 0.25) is 5.91 Å². The number of amides is 2. The van der Waals surface area contributed by atoms with Crippen LogP contribution in [0.15, 0.2) is 30.3 Å². The van der Waals surface area contributed by atoms with Crippen LogP contribution in [0, 0.1) is 5.92 Å². The van der Waals surface area contributed by atoms with Gasteiger partial charge < -0.3 is 15.4 Å². The first kappa shape index (κ1) is 21.0. The molecular weight excluding hydrogens is 388 g/mol. The van der Waals surface area contributed by atoms with Gasteiger partial charge >= 0.3 is 5.97 Å². The van der Waals surface area contributed by atoms with Gasteiger partial charge in [-0.15, -0.1) is 11.3 Å². The number of hydrogen-bond acceptors (Lipinski definition) is 5. The normalized spacial score (nSPS) is 16.4. The molecule has 0 spiro atoms. The third-order valence-electron chi connectivity index (χ3n) is 5.09. The van der Waals surface area contributed by atoms with Crippen molar-refractivity contribution in [2.24, 2.45) is 5.92 Å². The summed E-state index contributed by atoms with van der Waals surface area (Å²) in [6.07, 6.45) is 3.42. The van der Waals surface area contributed by atoms with Gasteiger partial charge in [-0.25, -0.2) is 4.79 Å². The van der Waals surface area contributed by atoms with Crippen LogP contribution in [-0.4, -0.2) is 23.9 Å². The molecule has 1 aromatic heterocycles. The predicted octanol–water partition coefficient (Wildman–Crippen LogP) is 4.41. The van der Waals surface area contributed by atoms with E-state index in [9.17, 15) is 14.4 Å². The van der Waals surface area contributed by atoms with Crippen molar-refractivity contribution in [3.05, 3.63) is 45.6 Å². The number of thiophene rings is 1. The summed E-state index contributed by atoms with van der Waals surface area (Å²) in [6.45, 7) is 5.18. The lowest BCUT2D eigenvalue weighted by molar-refractivity contribution is -0.123. The summed E-state index contributed by atoms with van der Waals surface area (Å²) in [5, 5.41) is 5.38. The molecule has 2 N–H and O–H groups in total. The van der Waals surface area contributed by atoms with E-state index in [2.05, 4.69) is 17.6 Å². The molecule has 1 heterocycles.